The number of hydrogen-bond acceptors (Lipinski definition) is 3. The Labute approximate surface area is 184 Å². The average molecular weight is 430 g/mol. The number of amides is 1. The third-order valence-corrected chi connectivity index (χ3v) is 6.94. The number of nitrogens with one attached hydrogen (secondary N) is 1. The summed E-state index contributed by atoms with van der Waals surface area (Å²) < 4.78 is 1.85. The summed E-state index contributed by atoms with van der Waals surface area (Å²) in [5.41, 5.74) is 2.91. The van der Waals surface area contributed by atoms with Crippen molar-refractivity contribution in [2.45, 2.75) is 18.9 Å². The summed E-state index contributed by atoms with van der Waals surface area (Å²) >= 11 is 1.68. The third kappa shape index (κ3) is 3.99. The fraction of sp³-hybridized carbons (Fsp3) is 0.200. The second kappa shape index (κ2) is 8.40. The van der Waals surface area contributed by atoms with Crippen LogP contribution >= 0.6 is 11.3 Å². The summed E-state index contributed by atoms with van der Waals surface area (Å²) in [5.74, 6) is 0.0272. The first-order valence-electron chi connectivity index (χ1n) is 10.5. The first kappa shape index (κ1) is 19.6. The first-order chi connectivity index (χ1) is 15.2. The molecule has 1 saturated heterocycles. The number of benzene rings is 2. The van der Waals surface area contributed by atoms with Crippen molar-refractivity contribution >= 4 is 34.4 Å². The van der Waals surface area contributed by atoms with Gasteiger partial charge in [-0.15, -0.1) is 11.3 Å². The number of thiophene rings is 1. The number of carbonyl (C=O) groups is 1. The van der Waals surface area contributed by atoms with E-state index in [0.717, 1.165) is 28.8 Å². The molecule has 2 aromatic carbocycles. The van der Waals surface area contributed by atoms with E-state index in [1.165, 1.54) is 10.4 Å². The van der Waals surface area contributed by atoms with Crippen molar-refractivity contribution in [3.63, 3.8) is 0 Å². The average Bonchev–Trinajstić information content (AvgIpc) is 3.42. The number of piperidine rings is 1. The molecule has 1 aliphatic heterocycles. The van der Waals surface area contributed by atoms with Gasteiger partial charge in [0.25, 0.3) is 0 Å². The highest BCUT2D eigenvalue weighted by atomic mass is 32.1. The van der Waals surface area contributed by atoms with Crippen molar-refractivity contribution in [2.75, 3.05) is 13.1 Å². The zero-order valence-corrected chi connectivity index (χ0v) is 17.8. The Morgan fingerprint density at radius 1 is 0.968 bits per heavy atom. The van der Waals surface area contributed by atoms with E-state index in [9.17, 15) is 9.59 Å². The van der Waals surface area contributed by atoms with Gasteiger partial charge in [0.1, 0.15) is 0 Å². The van der Waals surface area contributed by atoms with Gasteiger partial charge in [0, 0.05) is 35.0 Å². The van der Waals surface area contributed by atoms with Crippen LogP contribution in [0.25, 0.3) is 27.6 Å². The largest absolute Gasteiger partial charge is 0.339 e. The second-order valence-electron chi connectivity index (χ2n) is 7.78. The van der Waals surface area contributed by atoms with Gasteiger partial charge < -0.3 is 9.88 Å². The Hall–Kier alpha value is -3.38. The number of para-hydroxylation sites is 2. The molecule has 0 aliphatic carbocycles. The number of aromatic amines is 1. The number of fused-ring (bicyclic) bond motifs is 1. The van der Waals surface area contributed by atoms with Crippen molar-refractivity contribution in [3.8, 4) is 10.4 Å². The summed E-state index contributed by atoms with van der Waals surface area (Å²) in [6.45, 7) is 1.30. The maximum Gasteiger partial charge on any atom is 0.326 e. The first-order valence-corrected chi connectivity index (χ1v) is 11.3. The van der Waals surface area contributed by atoms with Crippen LogP contribution in [0.15, 0.2) is 77.6 Å². The standard InChI is InChI=1S/C25H23N3O2S/c29-24(13-11-20-10-12-23(31-20)18-6-2-1-3-7-18)27-16-14-19(15-17-27)28-22-9-5-4-8-21(22)26-25(28)30/h1-13,19H,14-17H2,(H,26,30). The molecule has 0 bridgehead atoms. The lowest BCUT2D eigenvalue weighted by molar-refractivity contribution is -0.127. The number of aromatic nitrogens is 2. The molecule has 6 heteroatoms. The molecule has 4 aromatic rings. The zero-order valence-electron chi connectivity index (χ0n) is 17.0. The van der Waals surface area contributed by atoms with Crippen LogP contribution in [0.1, 0.15) is 23.8 Å². The summed E-state index contributed by atoms with van der Waals surface area (Å²) in [5, 5.41) is 0. The molecule has 0 unspecified atom stereocenters. The zero-order chi connectivity index (χ0) is 21.2. The molecule has 5 rings (SSSR count). The number of likely N-dealkylation sites (tertiary alicyclic amines) is 1. The molecule has 1 aliphatic rings. The van der Waals surface area contributed by atoms with Crippen LogP contribution in [0.4, 0.5) is 0 Å². The number of H-pyrrole nitrogens is 1. The molecule has 0 atom stereocenters. The number of hydrogen-bond donors (Lipinski definition) is 1. The van der Waals surface area contributed by atoms with Gasteiger partial charge in [-0.25, -0.2) is 4.79 Å². The van der Waals surface area contributed by atoms with Crippen LogP contribution in [-0.2, 0) is 4.79 Å². The van der Waals surface area contributed by atoms with Crippen molar-refractivity contribution in [1.82, 2.24) is 14.5 Å². The summed E-state index contributed by atoms with van der Waals surface area (Å²) in [6, 6.07) is 22.3. The smallest absolute Gasteiger partial charge is 0.326 e. The summed E-state index contributed by atoms with van der Waals surface area (Å²) in [6.07, 6.45) is 5.12. The molecule has 0 saturated carbocycles. The van der Waals surface area contributed by atoms with Crippen LogP contribution in [0, 0.1) is 0 Å². The Bertz CT molecular complexity index is 1290. The molecule has 5 nitrogen and oxygen atoms in total. The minimum Gasteiger partial charge on any atom is -0.339 e. The fourth-order valence-electron chi connectivity index (χ4n) is 4.24. The summed E-state index contributed by atoms with van der Waals surface area (Å²) in [7, 11) is 0. The molecular weight excluding hydrogens is 406 g/mol. The van der Waals surface area contributed by atoms with E-state index in [1.54, 1.807) is 17.4 Å². The van der Waals surface area contributed by atoms with Gasteiger partial charge in [-0.2, -0.15) is 0 Å². The van der Waals surface area contributed by atoms with Gasteiger partial charge in [-0.1, -0.05) is 42.5 Å². The van der Waals surface area contributed by atoms with Crippen LogP contribution in [-0.4, -0.2) is 33.4 Å². The van der Waals surface area contributed by atoms with Gasteiger partial charge in [-0.05, 0) is 48.7 Å². The fourth-order valence-corrected chi connectivity index (χ4v) is 5.16. The van der Waals surface area contributed by atoms with Crippen molar-refractivity contribution < 1.29 is 4.79 Å². The normalized spacial score (nSPS) is 15.2. The van der Waals surface area contributed by atoms with Gasteiger partial charge in [-0.3, -0.25) is 9.36 Å². The minimum atomic E-state index is -0.0715. The Kier molecular flexibility index (Phi) is 5.30. The van der Waals surface area contributed by atoms with Crippen molar-refractivity contribution in [1.29, 1.82) is 0 Å². The molecule has 2 aromatic heterocycles. The van der Waals surface area contributed by atoms with E-state index in [1.807, 2.05) is 64.1 Å². The SMILES string of the molecule is O=C(C=Cc1ccc(-c2ccccc2)s1)N1CCC(n2c(=O)[nH]c3ccccc32)CC1. The molecule has 0 radical (unpaired) electrons. The molecule has 31 heavy (non-hydrogen) atoms. The lowest BCUT2D eigenvalue weighted by atomic mass is 10.0. The molecular formula is C25H23N3O2S. The highest BCUT2D eigenvalue weighted by Gasteiger charge is 2.25. The lowest BCUT2D eigenvalue weighted by Crippen LogP contribution is -2.39. The molecule has 1 amide bonds. The van der Waals surface area contributed by atoms with Gasteiger partial charge in [0.2, 0.25) is 5.91 Å². The molecule has 0 spiro atoms. The highest BCUT2D eigenvalue weighted by Crippen LogP contribution is 2.29. The molecule has 1 fully saturated rings. The number of imidazole rings is 1. The highest BCUT2D eigenvalue weighted by molar-refractivity contribution is 7.16. The Morgan fingerprint density at radius 2 is 1.71 bits per heavy atom. The van der Waals surface area contributed by atoms with Gasteiger partial charge in [0.05, 0.1) is 11.0 Å². The predicted octanol–water partition coefficient (Wildman–Crippen LogP) is 4.94. The second-order valence-corrected chi connectivity index (χ2v) is 8.89. The monoisotopic (exact) mass is 429 g/mol. The topological polar surface area (TPSA) is 58.1 Å². The van der Waals surface area contributed by atoms with E-state index in [-0.39, 0.29) is 17.6 Å². The maximum atomic E-state index is 12.7. The van der Waals surface area contributed by atoms with Crippen LogP contribution in [0.3, 0.4) is 0 Å². The van der Waals surface area contributed by atoms with Crippen LogP contribution in [0.5, 0.6) is 0 Å². The van der Waals surface area contributed by atoms with Crippen LogP contribution < -0.4 is 5.69 Å². The Morgan fingerprint density at radius 3 is 2.52 bits per heavy atom. The van der Waals surface area contributed by atoms with Gasteiger partial charge in [0.15, 0.2) is 0 Å². The van der Waals surface area contributed by atoms with Crippen molar-refractivity contribution in [2.24, 2.45) is 0 Å². The summed E-state index contributed by atoms with van der Waals surface area (Å²) in [4.78, 5) is 32.2. The molecule has 156 valence electrons. The quantitative estimate of drug-likeness (QED) is 0.468. The van der Waals surface area contributed by atoms with E-state index >= 15 is 0 Å². The van der Waals surface area contributed by atoms with Gasteiger partial charge >= 0.3 is 5.69 Å². The number of carbonyl (C=O) groups excluding carboxylic acids is 1. The van der Waals surface area contributed by atoms with Crippen LogP contribution in [0.2, 0.25) is 0 Å². The van der Waals surface area contributed by atoms with E-state index in [2.05, 4.69) is 23.2 Å². The molecule has 3 heterocycles. The third-order valence-electron chi connectivity index (χ3n) is 5.84. The Balaban J connectivity index is 1.23. The number of rotatable bonds is 4. The maximum absolute atomic E-state index is 12.7. The number of nitrogens with zero attached hydrogens (tertiary/aromatic N) is 2. The van der Waals surface area contributed by atoms with E-state index < -0.39 is 0 Å². The lowest BCUT2D eigenvalue weighted by Gasteiger charge is -2.32. The molecule has 1 N–H and O–H groups in total. The van der Waals surface area contributed by atoms with Crippen molar-refractivity contribution in [3.05, 3.63) is 88.2 Å². The van der Waals surface area contributed by atoms with E-state index in [4.69, 9.17) is 0 Å². The minimum absolute atomic E-state index is 0.0272. The predicted molar refractivity (Wildman–Crippen MR) is 126 cm³/mol. The van der Waals surface area contributed by atoms with E-state index in [0.29, 0.717) is 13.1 Å².